The van der Waals surface area contributed by atoms with Crippen molar-refractivity contribution >= 4 is 35.9 Å². The second-order valence-electron chi connectivity index (χ2n) is 5.14. The predicted octanol–water partition coefficient (Wildman–Crippen LogP) is 2.88. The van der Waals surface area contributed by atoms with Gasteiger partial charge >= 0.3 is 5.97 Å². The van der Waals surface area contributed by atoms with Crippen LogP contribution in [-0.2, 0) is 16.1 Å². The molecule has 0 aliphatic rings. The van der Waals surface area contributed by atoms with Crippen molar-refractivity contribution in [1.29, 1.82) is 0 Å². The maximum Gasteiger partial charge on any atom is 0.305 e. The minimum atomic E-state index is -0.0928. The number of pyridine rings is 1. The van der Waals surface area contributed by atoms with Gasteiger partial charge in [-0.15, -0.1) is 24.0 Å². The van der Waals surface area contributed by atoms with E-state index in [-0.39, 0.29) is 29.9 Å². The number of aliphatic imine (C=N–C) groups is 1. The fourth-order valence-electron chi connectivity index (χ4n) is 2.09. The molecule has 0 bridgehead atoms. The van der Waals surface area contributed by atoms with Crippen molar-refractivity contribution in [2.75, 3.05) is 20.2 Å². The van der Waals surface area contributed by atoms with E-state index in [2.05, 4.69) is 20.6 Å². The lowest BCUT2D eigenvalue weighted by molar-refractivity contribution is -0.143. The first kappa shape index (κ1) is 22.6. The molecule has 0 saturated carbocycles. The molecule has 1 aromatic heterocycles. The Morgan fingerprint density at radius 1 is 1.21 bits per heavy atom. The summed E-state index contributed by atoms with van der Waals surface area (Å²) in [7, 11) is 1.76. The molecule has 7 heteroatoms. The maximum absolute atomic E-state index is 11.2. The Balaban J connectivity index is 0.00000529. The molecule has 0 radical (unpaired) electrons. The van der Waals surface area contributed by atoms with Gasteiger partial charge in [0.2, 0.25) is 0 Å². The third-order valence-electron chi connectivity index (χ3n) is 3.29. The van der Waals surface area contributed by atoms with E-state index in [1.807, 2.05) is 25.1 Å². The van der Waals surface area contributed by atoms with Crippen molar-refractivity contribution in [2.45, 2.75) is 45.6 Å². The van der Waals surface area contributed by atoms with Gasteiger partial charge in [0.1, 0.15) is 0 Å². The summed E-state index contributed by atoms with van der Waals surface area (Å²) in [6.45, 7) is 3.81. The average Bonchev–Trinajstić information content (AvgIpc) is 2.58. The lowest BCUT2D eigenvalue weighted by Crippen LogP contribution is -2.37. The van der Waals surface area contributed by atoms with E-state index in [9.17, 15) is 4.79 Å². The summed E-state index contributed by atoms with van der Waals surface area (Å²) < 4.78 is 4.90. The summed E-state index contributed by atoms with van der Waals surface area (Å²) in [4.78, 5) is 19.6. The maximum atomic E-state index is 11.2. The summed E-state index contributed by atoms with van der Waals surface area (Å²) in [5.74, 6) is 0.687. The van der Waals surface area contributed by atoms with E-state index in [1.165, 1.54) is 0 Å². The molecule has 0 saturated heterocycles. The van der Waals surface area contributed by atoms with Crippen LogP contribution in [0.3, 0.4) is 0 Å². The van der Waals surface area contributed by atoms with Gasteiger partial charge in [0, 0.05) is 26.2 Å². The summed E-state index contributed by atoms with van der Waals surface area (Å²) in [5.41, 5.74) is 0.981. The molecule has 0 fully saturated rings. The second-order valence-corrected chi connectivity index (χ2v) is 5.14. The number of carbonyl (C=O) groups is 1. The van der Waals surface area contributed by atoms with Gasteiger partial charge in [-0.05, 0) is 31.9 Å². The van der Waals surface area contributed by atoms with Crippen LogP contribution in [0.15, 0.2) is 29.4 Å². The number of guanidine groups is 1. The van der Waals surface area contributed by atoms with Gasteiger partial charge in [0.05, 0.1) is 18.8 Å². The third-order valence-corrected chi connectivity index (χ3v) is 3.29. The molecule has 0 amide bonds. The van der Waals surface area contributed by atoms with Crippen molar-refractivity contribution in [1.82, 2.24) is 15.6 Å². The summed E-state index contributed by atoms with van der Waals surface area (Å²) >= 11 is 0. The SMILES string of the molecule is CCOC(=O)CCCCCCNC(=NC)NCc1ccccn1.I. The minimum absolute atomic E-state index is 0. The number of halogens is 1. The molecule has 1 rings (SSSR count). The van der Waals surface area contributed by atoms with Crippen molar-refractivity contribution in [3.05, 3.63) is 30.1 Å². The number of hydrogen-bond donors (Lipinski definition) is 2. The highest BCUT2D eigenvalue weighted by Gasteiger charge is 2.01. The van der Waals surface area contributed by atoms with Crippen LogP contribution in [0.2, 0.25) is 0 Å². The van der Waals surface area contributed by atoms with Crippen LogP contribution in [0.5, 0.6) is 0 Å². The first-order valence-electron chi connectivity index (χ1n) is 8.26. The molecule has 1 aromatic rings. The van der Waals surface area contributed by atoms with Crippen LogP contribution in [0.25, 0.3) is 0 Å². The number of hydrogen-bond acceptors (Lipinski definition) is 4. The van der Waals surface area contributed by atoms with Crippen molar-refractivity contribution in [3.63, 3.8) is 0 Å². The second kappa shape index (κ2) is 15.2. The van der Waals surface area contributed by atoms with Crippen molar-refractivity contribution in [3.8, 4) is 0 Å². The molecule has 0 spiro atoms. The van der Waals surface area contributed by atoms with Crippen LogP contribution in [0.1, 0.15) is 44.7 Å². The number of nitrogens with one attached hydrogen (secondary N) is 2. The van der Waals surface area contributed by atoms with E-state index >= 15 is 0 Å². The fraction of sp³-hybridized carbons (Fsp3) is 0.588. The average molecular weight is 448 g/mol. The molecule has 0 aliphatic carbocycles. The number of unbranched alkanes of at least 4 members (excludes halogenated alkanes) is 3. The Morgan fingerprint density at radius 3 is 2.67 bits per heavy atom. The third kappa shape index (κ3) is 11.2. The molecule has 24 heavy (non-hydrogen) atoms. The van der Waals surface area contributed by atoms with Crippen LogP contribution in [-0.4, -0.2) is 37.1 Å². The summed E-state index contributed by atoms with van der Waals surface area (Å²) in [6, 6.07) is 5.85. The predicted molar refractivity (Wildman–Crippen MR) is 108 cm³/mol. The number of aromatic nitrogens is 1. The number of nitrogens with zero attached hydrogens (tertiary/aromatic N) is 2. The van der Waals surface area contributed by atoms with E-state index < -0.39 is 0 Å². The first-order chi connectivity index (χ1) is 11.3. The van der Waals surface area contributed by atoms with Gasteiger partial charge in [0.15, 0.2) is 5.96 Å². The number of esters is 1. The van der Waals surface area contributed by atoms with Crippen LogP contribution in [0, 0.1) is 0 Å². The molecular weight excluding hydrogens is 419 g/mol. The van der Waals surface area contributed by atoms with Gasteiger partial charge < -0.3 is 15.4 Å². The monoisotopic (exact) mass is 448 g/mol. The van der Waals surface area contributed by atoms with Crippen LogP contribution < -0.4 is 10.6 Å². The highest BCUT2D eigenvalue weighted by molar-refractivity contribution is 14.0. The zero-order valence-electron chi connectivity index (χ0n) is 14.6. The molecule has 136 valence electrons. The lowest BCUT2D eigenvalue weighted by atomic mass is 10.1. The first-order valence-corrected chi connectivity index (χ1v) is 8.26. The molecule has 2 N–H and O–H groups in total. The highest BCUT2D eigenvalue weighted by Crippen LogP contribution is 2.03. The Morgan fingerprint density at radius 2 is 2.00 bits per heavy atom. The Bertz CT molecular complexity index is 469. The van der Waals surface area contributed by atoms with E-state index in [1.54, 1.807) is 13.2 Å². The van der Waals surface area contributed by atoms with E-state index in [0.717, 1.165) is 43.9 Å². The van der Waals surface area contributed by atoms with Crippen LogP contribution >= 0.6 is 24.0 Å². The van der Waals surface area contributed by atoms with E-state index in [0.29, 0.717) is 19.6 Å². The number of carbonyl (C=O) groups excluding carboxylic acids is 1. The van der Waals surface area contributed by atoms with Gasteiger partial charge in [-0.3, -0.25) is 14.8 Å². The van der Waals surface area contributed by atoms with Gasteiger partial charge in [-0.25, -0.2) is 0 Å². The normalized spacial score (nSPS) is 10.7. The largest absolute Gasteiger partial charge is 0.466 e. The van der Waals surface area contributed by atoms with Gasteiger partial charge in [0.25, 0.3) is 0 Å². The Labute approximate surface area is 161 Å². The van der Waals surface area contributed by atoms with Gasteiger partial charge in [-0.1, -0.05) is 18.9 Å². The topological polar surface area (TPSA) is 75.6 Å². The fourth-order valence-corrected chi connectivity index (χ4v) is 2.09. The minimum Gasteiger partial charge on any atom is -0.466 e. The number of rotatable bonds is 10. The number of ether oxygens (including phenoxy) is 1. The zero-order chi connectivity index (χ0) is 16.8. The summed E-state index contributed by atoms with van der Waals surface area (Å²) in [6.07, 6.45) is 6.38. The summed E-state index contributed by atoms with van der Waals surface area (Å²) in [5, 5.41) is 6.51. The van der Waals surface area contributed by atoms with Crippen molar-refractivity contribution < 1.29 is 9.53 Å². The molecule has 0 aromatic carbocycles. The molecule has 0 atom stereocenters. The standard InChI is InChI=1S/C17H28N4O2.HI/c1-3-23-16(22)11-6-4-5-8-13-20-17(18-2)21-14-15-10-7-9-12-19-15;/h7,9-10,12H,3-6,8,11,13-14H2,1-2H3,(H2,18,20,21);1H. The molecule has 1 heterocycles. The van der Waals surface area contributed by atoms with Gasteiger partial charge in [-0.2, -0.15) is 0 Å². The molecular formula is C17H29IN4O2. The van der Waals surface area contributed by atoms with Crippen molar-refractivity contribution in [2.24, 2.45) is 4.99 Å². The quantitative estimate of drug-likeness (QED) is 0.189. The zero-order valence-corrected chi connectivity index (χ0v) is 16.9. The smallest absolute Gasteiger partial charge is 0.305 e. The molecule has 0 aliphatic heterocycles. The Hall–Kier alpha value is -1.38. The molecule has 6 nitrogen and oxygen atoms in total. The lowest BCUT2D eigenvalue weighted by Gasteiger charge is -2.11. The highest BCUT2D eigenvalue weighted by atomic mass is 127. The molecule has 0 unspecified atom stereocenters. The van der Waals surface area contributed by atoms with Crippen LogP contribution in [0.4, 0.5) is 0 Å². The Kier molecular flexibility index (Phi) is 14.3. The van der Waals surface area contributed by atoms with E-state index in [4.69, 9.17) is 4.74 Å².